The van der Waals surface area contributed by atoms with E-state index in [2.05, 4.69) is 26.4 Å². The van der Waals surface area contributed by atoms with Crippen LogP contribution in [-0.4, -0.2) is 16.4 Å². The van der Waals surface area contributed by atoms with E-state index in [0.29, 0.717) is 11.9 Å². The third-order valence-electron chi connectivity index (χ3n) is 0.744. The van der Waals surface area contributed by atoms with Crippen LogP contribution in [0.25, 0.3) is 0 Å². The summed E-state index contributed by atoms with van der Waals surface area (Å²) < 4.78 is 4.62. The summed E-state index contributed by atoms with van der Waals surface area (Å²) >= 11 is 0. The average molecular weight is 126 g/mol. The van der Waals surface area contributed by atoms with Crippen molar-refractivity contribution in [3.63, 3.8) is 0 Å². The Hall–Kier alpha value is -1.06. The summed E-state index contributed by atoms with van der Waals surface area (Å²) in [7, 11) is 0. The summed E-state index contributed by atoms with van der Waals surface area (Å²) in [5.74, 6) is 0.491. The summed E-state index contributed by atoms with van der Waals surface area (Å²) in [6.45, 7) is 3.99. The molecule has 0 saturated carbocycles. The lowest BCUT2D eigenvalue weighted by molar-refractivity contribution is 0.402. The number of nitrogens with one attached hydrogen (secondary N) is 1. The molecule has 0 aliphatic rings. The predicted molar refractivity (Wildman–Crippen MR) is 31.9 cm³/mol. The molecule has 0 saturated heterocycles. The van der Waals surface area contributed by atoms with Crippen LogP contribution in [0.15, 0.2) is 4.52 Å². The Morgan fingerprint density at radius 1 is 1.67 bits per heavy atom. The summed E-state index contributed by atoms with van der Waals surface area (Å²) in [6, 6.07) is 0.330. The van der Waals surface area contributed by atoms with Crippen LogP contribution < -0.4 is 5.32 Å². The molecule has 0 amide bonds. The van der Waals surface area contributed by atoms with Crippen LogP contribution in [0.4, 0.5) is 5.88 Å². The van der Waals surface area contributed by atoms with Crippen molar-refractivity contribution >= 4 is 5.88 Å². The summed E-state index contributed by atoms with van der Waals surface area (Å²) in [5.41, 5.74) is 0. The predicted octanol–water partition coefficient (Wildman–Crippen LogP) is 0.690. The van der Waals surface area contributed by atoms with Crippen molar-refractivity contribution < 1.29 is 4.52 Å². The minimum atomic E-state index is 0.330. The molecule has 1 heterocycles. The van der Waals surface area contributed by atoms with Crippen molar-refractivity contribution in [1.82, 2.24) is 10.4 Å². The Bertz CT molecular complexity index is 159. The van der Waals surface area contributed by atoms with Crippen LogP contribution >= 0.6 is 0 Å². The molecule has 1 aromatic heterocycles. The Balaban J connectivity index is 2.48. The first-order valence-corrected chi connectivity index (χ1v) is 2.75. The second-order valence-corrected chi connectivity index (χ2v) is 2.01. The van der Waals surface area contributed by atoms with Gasteiger partial charge in [0.15, 0.2) is 6.20 Å². The highest BCUT2D eigenvalue weighted by Crippen LogP contribution is 2.00. The van der Waals surface area contributed by atoms with E-state index >= 15 is 0 Å². The van der Waals surface area contributed by atoms with Crippen molar-refractivity contribution in [1.29, 1.82) is 0 Å². The quantitative estimate of drug-likeness (QED) is 0.633. The van der Waals surface area contributed by atoms with E-state index in [-0.39, 0.29) is 0 Å². The summed E-state index contributed by atoms with van der Waals surface area (Å²) in [4.78, 5) is 0. The molecule has 1 aromatic rings. The highest BCUT2D eigenvalue weighted by molar-refractivity contribution is 5.23. The van der Waals surface area contributed by atoms with Crippen LogP contribution in [0.2, 0.25) is 0 Å². The van der Waals surface area contributed by atoms with Crippen molar-refractivity contribution in [2.75, 3.05) is 5.32 Å². The molecule has 49 valence electrons. The second kappa shape index (κ2) is 2.48. The minimum Gasteiger partial charge on any atom is -0.350 e. The smallest absolute Gasteiger partial charge is 0.255 e. The van der Waals surface area contributed by atoms with E-state index in [4.69, 9.17) is 0 Å². The highest BCUT2D eigenvalue weighted by atomic mass is 16.5. The van der Waals surface area contributed by atoms with Gasteiger partial charge in [-0.25, -0.2) is 0 Å². The lowest BCUT2D eigenvalue weighted by Gasteiger charge is -2.01. The molecule has 0 aliphatic heterocycles. The maximum Gasteiger partial charge on any atom is 0.255 e. The van der Waals surface area contributed by atoms with Crippen LogP contribution in [0.1, 0.15) is 13.8 Å². The third kappa shape index (κ3) is 1.71. The molecular weight excluding hydrogens is 118 g/mol. The normalized spacial score (nSPS) is 10.1. The van der Waals surface area contributed by atoms with Gasteiger partial charge in [-0.2, -0.15) is 0 Å². The Morgan fingerprint density at radius 2 is 2.44 bits per heavy atom. The number of rotatable bonds is 2. The molecule has 1 N–H and O–H groups in total. The Morgan fingerprint density at radius 3 is 2.89 bits per heavy atom. The maximum atomic E-state index is 4.62. The molecule has 0 aliphatic carbocycles. The standard InChI is InChI=1S/C5H8N3O/c1-4(2)7-5-3-6-8-9-5/h4,7H,1-2H3. The maximum absolute atomic E-state index is 4.62. The second-order valence-electron chi connectivity index (χ2n) is 2.01. The zero-order valence-electron chi connectivity index (χ0n) is 5.38. The first-order chi connectivity index (χ1) is 4.29. The van der Waals surface area contributed by atoms with Crippen LogP contribution in [-0.2, 0) is 0 Å². The lowest BCUT2D eigenvalue weighted by atomic mass is 10.4. The van der Waals surface area contributed by atoms with Crippen LogP contribution in [0.5, 0.6) is 0 Å². The van der Waals surface area contributed by atoms with E-state index in [9.17, 15) is 0 Å². The van der Waals surface area contributed by atoms with Gasteiger partial charge >= 0.3 is 0 Å². The number of aromatic nitrogens is 2. The van der Waals surface area contributed by atoms with Crippen LogP contribution in [0, 0.1) is 6.20 Å². The number of hydrogen-bond donors (Lipinski definition) is 1. The lowest BCUT2D eigenvalue weighted by Crippen LogP contribution is -2.08. The molecular formula is C5H8N3O. The Labute approximate surface area is 53.2 Å². The van der Waals surface area contributed by atoms with Gasteiger partial charge in [-0.15, -0.1) is 5.10 Å². The fourth-order valence-electron chi connectivity index (χ4n) is 0.468. The van der Waals surface area contributed by atoms with Crippen molar-refractivity contribution in [2.45, 2.75) is 19.9 Å². The fraction of sp³-hybridized carbons (Fsp3) is 0.600. The van der Waals surface area contributed by atoms with Crippen molar-refractivity contribution in [3.8, 4) is 0 Å². The van der Waals surface area contributed by atoms with Gasteiger partial charge in [-0.3, -0.25) is 0 Å². The minimum absolute atomic E-state index is 0.330. The van der Waals surface area contributed by atoms with Crippen molar-refractivity contribution in [2.24, 2.45) is 0 Å². The first kappa shape index (κ1) is 6.07. The van der Waals surface area contributed by atoms with E-state index < -0.39 is 0 Å². The van der Waals surface area contributed by atoms with E-state index in [1.54, 1.807) is 0 Å². The number of hydrogen-bond acceptors (Lipinski definition) is 4. The molecule has 0 bridgehead atoms. The zero-order valence-corrected chi connectivity index (χ0v) is 5.38. The van der Waals surface area contributed by atoms with Crippen molar-refractivity contribution in [3.05, 3.63) is 6.20 Å². The molecule has 0 atom stereocenters. The van der Waals surface area contributed by atoms with Gasteiger partial charge in [0.05, 0.1) is 0 Å². The summed E-state index contributed by atoms with van der Waals surface area (Å²) in [6.07, 6.45) is 2.53. The molecule has 9 heavy (non-hydrogen) atoms. The monoisotopic (exact) mass is 126 g/mol. The van der Waals surface area contributed by atoms with Gasteiger partial charge in [-0.05, 0) is 13.8 Å². The Kier molecular flexibility index (Phi) is 1.67. The number of anilines is 1. The van der Waals surface area contributed by atoms with Gasteiger partial charge in [0.2, 0.25) is 0 Å². The summed E-state index contributed by atoms with van der Waals surface area (Å²) in [5, 5.41) is 9.54. The van der Waals surface area contributed by atoms with Gasteiger partial charge in [0.25, 0.3) is 5.88 Å². The van der Waals surface area contributed by atoms with E-state index in [1.165, 1.54) is 0 Å². The molecule has 0 unspecified atom stereocenters. The molecule has 1 radical (unpaired) electrons. The molecule has 1 rings (SSSR count). The van der Waals surface area contributed by atoms with Gasteiger partial charge < -0.3 is 9.84 Å². The van der Waals surface area contributed by atoms with E-state index in [1.807, 2.05) is 13.8 Å². The fourth-order valence-corrected chi connectivity index (χ4v) is 0.468. The average Bonchev–Trinajstić information content (AvgIpc) is 2.15. The van der Waals surface area contributed by atoms with Gasteiger partial charge in [0.1, 0.15) is 0 Å². The van der Waals surface area contributed by atoms with E-state index in [0.717, 1.165) is 0 Å². The number of nitrogens with zero attached hydrogens (tertiary/aromatic N) is 2. The molecule has 0 fully saturated rings. The van der Waals surface area contributed by atoms with Gasteiger partial charge in [0, 0.05) is 11.3 Å². The molecule has 0 aromatic carbocycles. The van der Waals surface area contributed by atoms with Gasteiger partial charge in [-0.1, -0.05) is 0 Å². The third-order valence-corrected chi connectivity index (χ3v) is 0.744. The zero-order chi connectivity index (χ0) is 6.69. The SMILES string of the molecule is CC(C)Nc1[c]nno1. The topological polar surface area (TPSA) is 51.0 Å². The highest BCUT2D eigenvalue weighted by Gasteiger charge is 1.97. The molecule has 0 spiro atoms. The first-order valence-electron chi connectivity index (χ1n) is 2.75. The largest absolute Gasteiger partial charge is 0.350 e. The molecule has 4 heteroatoms. The molecule has 4 nitrogen and oxygen atoms in total. The van der Waals surface area contributed by atoms with Crippen LogP contribution in [0.3, 0.4) is 0 Å².